The van der Waals surface area contributed by atoms with Crippen molar-refractivity contribution in [3.05, 3.63) is 65.7 Å². The molecule has 1 fully saturated rings. The van der Waals surface area contributed by atoms with Gasteiger partial charge in [-0.1, -0.05) is 12.1 Å². The molecule has 0 unspecified atom stereocenters. The smallest absolute Gasteiger partial charge is 0.255 e. The highest BCUT2D eigenvalue weighted by atomic mass is 16.5. The van der Waals surface area contributed by atoms with Gasteiger partial charge in [0.25, 0.3) is 5.91 Å². The van der Waals surface area contributed by atoms with Gasteiger partial charge in [0.15, 0.2) is 5.89 Å². The van der Waals surface area contributed by atoms with Crippen LogP contribution in [0.4, 0.5) is 5.69 Å². The van der Waals surface area contributed by atoms with Gasteiger partial charge in [-0.3, -0.25) is 9.69 Å². The minimum atomic E-state index is -0.158. The minimum Gasteiger partial charge on any atom is -0.497 e. The normalized spacial score (nSPS) is 14.5. The SMILES string of the molecule is COc1ccc(C(=O)Nc2cccc(-c3coc(C)n3)c2)c(CN2CCOCC2)c1. The van der Waals surface area contributed by atoms with Crippen molar-refractivity contribution >= 4 is 11.6 Å². The van der Waals surface area contributed by atoms with Crippen molar-refractivity contribution in [1.29, 1.82) is 0 Å². The Hall–Kier alpha value is -3.16. The lowest BCUT2D eigenvalue weighted by molar-refractivity contribution is 0.0341. The van der Waals surface area contributed by atoms with Gasteiger partial charge >= 0.3 is 0 Å². The van der Waals surface area contributed by atoms with Crippen molar-refractivity contribution in [2.24, 2.45) is 0 Å². The van der Waals surface area contributed by atoms with E-state index in [4.69, 9.17) is 13.9 Å². The largest absolute Gasteiger partial charge is 0.497 e. The average molecular weight is 407 g/mol. The summed E-state index contributed by atoms with van der Waals surface area (Å²) >= 11 is 0. The first-order chi connectivity index (χ1) is 14.6. The number of carbonyl (C=O) groups is 1. The van der Waals surface area contributed by atoms with Gasteiger partial charge in [0, 0.05) is 43.4 Å². The van der Waals surface area contributed by atoms with Gasteiger partial charge in [0.2, 0.25) is 0 Å². The standard InChI is InChI=1S/C23H25N3O4/c1-16-24-22(15-30-16)17-4-3-5-19(12-17)25-23(27)21-7-6-20(28-2)13-18(21)14-26-8-10-29-11-9-26/h3-7,12-13,15H,8-11,14H2,1-2H3,(H,25,27). The Balaban J connectivity index is 1.55. The van der Waals surface area contributed by atoms with Crippen LogP contribution < -0.4 is 10.1 Å². The summed E-state index contributed by atoms with van der Waals surface area (Å²) in [7, 11) is 1.63. The number of nitrogens with one attached hydrogen (secondary N) is 1. The number of rotatable bonds is 6. The van der Waals surface area contributed by atoms with Crippen LogP contribution in [0.2, 0.25) is 0 Å². The zero-order valence-electron chi connectivity index (χ0n) is 17.2. The number of anilines is 1. The molecule has 1 amide bonds. The maximum atomic E-state index is 13.1. The van der Waals surface area contributed by atoms with Crippen molar-refractivity contribution in [1.82, 2.24) is 9.88 Å². The zero-order chi connectivity index (χ0) is 20.9. The van der Waals surface area contributed by atoms with E-state index in [1.165, 1.54) is 0 Å². The third-order valence-corrected chi connectivity index (χ3v) is 5.09. The number of hydrogen-bond acceptors (Lipinski definition) is 6. The number of nitrogens with zero attached hydrogens (tertiary/aromatic N) is 2. The van der Waals surface area contributed by atoms with Crippen molar-refractivity contribution in [3.8, 4) is 17.0 Å². The molecule has 1 aliphatic heterocycles. The highest BCUT2D eigenvalue weighted by molar-refractivity contribution is 6.05. The number of morpholine rings is 1. The number of methoxy groups -OCH3 is 1. The second-order valence-electron chi connectivity index (χ2n) is 7.20. The number of carbonyl (C=O) groups excluding carboxylic acids is 1. The fourth-order valence-electron chi connectivity index (χ4n) is 3.50. The second kappa shape index (κ2) is 9.11. The van der Waals surface area contributed by atoms with Crippen LogP contribution in [0.15, 0.2) is 53.1 Å². The Morgan fingerprint density at radius 1 is 1.20 bits per heavy atom. The molecule has 0 radical (unpaired) electrons. The number of aromatic nitrogens is 1. The van der Waals surface area contributed by atoms with Gasteiger partial charge < -0.3 is 19.2 Å². The molecule has 0 saturated carbocycles. The Morgan fingerprint density at radius 2 is 2.03 bits per heavy atom. The average Bonchev–Trinajstić information content (AvgIpc) is 3.21. The molecule has 1 aromatic heterocycles. The van der Waals surface area contributed by atoms with Crippen LogP contribution in [0.25, 0.3) is 11.3 Å². The van der Waals surface area contributed by atoms with Crippen LogP contribution in [-0.4, -0.2) is 49.2 Å². The van der Waals surface area contributed by atoms with Gasteiger partial charge in [-0.05, 0) is 35.9 Å². The van der Waals surface area contributed by atoms with Crippen LogP contribution >= 0.6 is 0 Å². The van der Waals surface area contributed by atoms with E-state index >= 15 is 0 Å². The summed E-state index contributed by atoms with van der Waals surface area (Å²) in [4.78, 5) is 19.7. The lowest BCUT2D eigenvalue weighted by Crippen LogP contribution is -2.36. The summed E-state index contributed by atoms with van der Waals surface area (Å²) < 4.78 is 16.1. The van der Waals surface area contributed by atoms with Gasteiger partial charge in [0.05, 0.1) is 20.3 Å². The summed E-state index contributed by atoms with van der Waals surface area (Å²) in [6, 6.07) is 13.1. The molecule has 30 heavy (non-hydrogen) atoms. The number of ether oxygens (including phenoxy) is 2. The first kappa shape index (κ1) is 20.1. The number of hydrogen-bond donors (Lipinski definition) is 1. The van der Waals surface area contributed by atoms with Crippen LogP contribution in [-0.2, 0) is 11.3 Å². The molecule has 4 rings (SSSR count). The highest BCUT2D eigenvalue weighted by Gasteiger charge is 2.18. The molecular formula is C23H25N3O4. The number of aryl methyl sites for hydroxylation is 1. The Labute approximate surface area is 175 Å². The van der Waals surface area contributed by atoms with Gasteiger partial charge in [-0.25, -0.2) is 4.98 Å². The van der Waals surface area contributed by atoms with Gasteiger partial charge in [-0.2, -0.15) is 0 Å². The van der Waals surface area contributed by atoms with Crippen LogP contribution in [0.5, 0.6) is 5.75 Å². The van der Waals surface area contributed by atoms with Crippen molar-refractivity contribution < 1.29 is 18.7 Å². The third-order valence-electron chi connectivity index (χ3n) is 5.09. The van der Waals surface area contributed by atoms with Gasteiger partial charge in [0.1, 0.15) is 17.7 Å². The molecule has 0 aliphatic carbocycles. The number of oxazole rings is 1. The van der Waals surface area contributed by atoms with E-state index in [2.05, 4.69) is 15.2 Å². The monoisotopic (exact) mass is 407 g/mol. The highest BCUT2D eigenvalue weighted by Crippen LogP contribution is 2.24. The molecule has 0 atom stereocenters. The molecule has 1 saturated heterocycles. The molecule has 0 spiro atoms. The predicted octanol–water partition coefficient (Wildman–Crippen LogP) is 3.74. The van der Waals surface area contributed by atoms with Gasteiger partial charge in [-0.15, -0.1) is 0 Å². The number of amides is 1. The van der Waals surface area contributed by atoms with Crippen LogP contribution in [0.1, 0.15) is 21.8 Å². The fourth-order valence-corrected chi connectivity index (χ4v) is 3.50. The van der Waals surface area contributed by atoms with Crippen molar-refractivity contribution in [2.45, 2.75) is 13.5 Å². The van der Waals surface area contributed by atoms with Crippen LogP contribution in [0, 0.1) is 6.92 Å². The molecule has 1 N–H and O–H groups in total. The van der Waals surface area contributed by atoms with E-state index in [0.717, 1.165) is 35.7 Å². The summed E-state index contributed by atoms with van der Waals surface area (Å²) in [5, 5.41) is 3.01. The van der Waals surface area contributed by atoms with E-state index in [-0.39, 0.29) is 5.91 Å². The van der Waals surface area contributed by atoms with E-state index < -0.39 is 0 Å². The molecule has 7 heteroatoms. The van der Waals surface area contributed by atoms with Crippen molar-refractivity contribution in [2.75, 3.05) is 38.7 Å². The Morgan fingerprint density at radius 3 is 2.77 bits per heavy atom. The first-order valence-electron chi connectivity index (χ1n) is 9.93. The molecule has 7 nitrogen and oxygen atoms in total. The van der Waals surface area contributed by atoms with E-state index in [1.54, 1.807) is 20.3 Å². The second-order valence-corrected chi connectivity index (χ2v) is 7.20. The van der Waals surface area contributed by atoms with E-state index in [1.807, 2.05) is 42.5 Å². The molecule has 1 aliphatic rings. The summed E-state index contributed by atoms with van der Waals surface area (Å²) in [6.45, 7) is 5.57. The lowest BCUT2D eigenvalue weighted by Gasteiger charge is -2.27. The predicted molar refractivity (Wildman–Crippen MR) is 114 cm³/mol. The topological polar surface area (TPSA) is 76.8 Å². The summed E-state index contributed by atoms with van der Waals surface area (Å²) in [5.41, 5.74) is 3.88. The van der Waals surface area contributed by atoms with E-state index in [9.17, 15) is 4.79 Å². The van der Waals surface area contributed by atoms with Crippen molar-refractivity contribution in [3.63, 3.8) is 0 Å². The lowest BCUT2D eigenvalue weighted by atomic mass is 10.0. The molecular weight excluding hydrogens is 382 g/mol. The molecule has 2 heterocycles. The minimum absolute atomic E-state index is 0.158. The maximum Gasteiger partial charge on any atom is 0.255 e. The zero-order valence-corrected chi connectivity index (χ0v) is 17.2. The maximum absolute atomic E-state index is 13.1. The summed E-state index contributed by atoms with van der Waals surface area (Å²) in [5.74, 6) is 1.18. The third kappa shape index (κ3) is 4.69. The quantitative estimate of drug-likeness (QED) is 0.671. The first-order valence-corrected chi connectivity index (χ1v) is 9.93. The Kier molecular flexibility index (Phi) is 6.11. The summed E-state index contributed by atoms with van der Waals surface area (Å²) in [6.07, 6.45) is 1.61. The molecule has 156 valence electrons. The number of benzene rings is 2. The van der Waals surface area contributed by atoms with Crippen LogP contribution in [0.3, 0.4) is 0 Å². The Bertz CT molecular complexity index is 1020. The molecule has 3 aromatic rings. The fraction of sp³-hybridized carbons (Fsp3) is 0.304. The van der Waals surface area contributed by atoms with E-state index in [0.29, 0.717) is 36.9 Å². The molecule has 2 aromatic carbocycles. The molecule has 0 bridgehead atoms.